The number of hydrogen-bond donors (Lipinski definition) is 0. The van der Waals surface area contributed by atoms with E-state index in [0.29, 0.717) is 6.42 Å². The van der Waals surface area contributed by atoms with Gasteiger partial charge in [-0.25, -0.2) is 0 Å². The SMILES string of the molecule is CCSC(C)CC(=O)OC(C)=O. The summed E-state index contributed by atoms with van der Waals surface area (Å²) >= 11 is 1.67. The third kappa shape index (κ3) is 6.22. The Morgan fingerprint density at radius 2 is 2.08 bits per heavy atom. The lowest BCUT2D eigenvalue weighted by Crippen LogP contribution is -2.13. The van der Waals surface area contributed by atoms with Crippen molar-refractivity contribution in [2.45, 2.75) is 32.4 Å². The van der Waals surface area contributed by atoms with E-state index in [0.717, 1.165) is 5.75 Å². The molecule has 0 aliphatic rings. The van der Waals surface area contributed by atoms with E-state index in [2.05, 4.69) is 4.74 Å². The average molecular weight is 190 g/mol. The van der Waals surface area contributed by atoms with Gasteiger partial charge in [-0.15, -0.1) is 0 Å². The summed E-state index contributed by atoms with van der Waals surface area (Å²) in [5, 5.41) is 0.224. The van der Waals surface area contributed by atoms with Gasteiger partial charge < -0.3 is 4.74 Å². The molecule has 12 heavy (non-hydrogen) atoms. The lowest BCUT2D eigenvalue weighted by atomic mass is 10.3. The molecule has 0 rings (SSSR count). The molecule has 0 spiro atoms. The van der Waals surface area contributed by atoms with Crippen LogP contribution in [-0.4, -0.2) is 22.9 Å². The fourth-order valence-corrected chi connectivity index (χ4v) is 1.60. The minimum Gasteiger partial charge on any atom is -0.393 e. The van der Waals surface area contributed by atoms with E-state index in [-0.39, 0.29) is 5.25 Å². The molecule has 0 saturated heterocycles. The quantitative estimate of drug-likeness (QED) is 0.499. The molecule has 0 aliphatic carbocycles. The topological polar surface area (TPSA) is 43.4 Å². The molecule has 0 bridgehead atoms. The van der Waals surface area contributed by atoms with Crippen molar-refractivity contribution in [3.05, 3.63) is 0 Å². The second-order valence-corrected chi connectivity index (χ2v) is 4.15. The maximum atomic E-state index is 10.9. The average Bonchev–Trinajstić information content (AvgIpc) is 1.84. The van der Waals surface area contributed by atoms with Crippen LogP contribution in [0.2, 0.25) is 0 Å². The van der Waals surface area contributed by atoms with Gasteiger partial charge in [0, 0.05) is 12.2 Å². The smallest absolute Gasteiger partial charge is 0.314 e. The molecule has 0 aromatic heterocycles. The van der Waals surface area contributed by atoms with Gasteiger partial charge in [-0.05, 0) is 5.75 Å². The molecule has 1 atom stereocenters. The summed E-state index contributed by atoms with van der Waals surface area (Å²) in [6.45, 7) is 5.20. The fourth-order valence-electron chi connectivity index (χ4n) is 0.780. The molecule has 0 heterocycles. The van der Waals surface area contributed by atoms with E-state index < -0.39 is 11.9 Å². The number of carbonyl (C=O) groups excluding carboxylic acids is 2. The van der Waals surface area contributed by atoms with Gasteiger partial charge in [0.15, 0.2) is 0 Å². The van der Waals surface area contributed by atoms with Crippen molar-refractivity contribution >= 4 is 23.7 Å². The van der Waals surface area contributed by atoms with E-state index in [9.17, 15) is 9.59 Å². The number of esters is 2. The maximum Gasteiger partial charge on any atom is 0.314 e. The molecule has 1 unspecified atom stereocenters. The Hall–Kier alpha value is -0.510. The summed E-state index contributed by atoms with van der Waals surface area (Å²) in [6.07, 6.45) is 0.304. The molecule has 0 aromatic carbocycles. The molecule has 70 valence electrons. The molecule has 0 N–H and O–H groups in total. The van der Waals surface area contributed by atoms with E-state index in [1.54, 1.807) is 11.8 Å². The lowest BCUT2D eigenvalue weighted by Gasteiger charge is -2.07. The molecule has 4 heteroatoms. The van der Waals surface area contributed by atoms with Crippen LogP contribution >= 0.6 is 11.8 Å². The van der Waals surface area contributed by atoms with Crippen LogP contribution in [-0.2, 0) is 14.3 Å². The summed E-state index contributed by atoms with van der Waals surface area (Å²) < 4.78 is 4.38. The second-order valence-electron chi connectivity index (χ2n) is 2.44. The Bertz CT molecular complexity index is 168. The third-order valence-electron chi connectivity index (χ3n) is 1.16. The largest absolute Gasteiger partial charge is 0.393 e. The third-order valence-corrected chi connectivity index (χ3v) is 2.23. The molecule has 0 aromatic rings. The zero-order valence-electron chi connectivity index (χ0n) is 7.62. The standard InChI is InChI=1S/C8H14O3S/c1-4-12-6(2)5-8(10)11-7(3)9/h6H,4-5H2,1-3H3. The van der Waals surface area contributed by atoms with Crippen molar-refractivity contribution in [2.75, 3.05) is 5.75 Å². The van der Waals surface area contributed by atoms with Crippen molar-refractivity contribution in [3.8, 4) is 0 Å². The zero-order valence-corrected chi connectivity index (χ0v) is 8.44. The predicted molar refractivity (Wildman–Crippen MR) is 49.0 cm³/mol. The highest BCUT2D eigenvalue weighted by Gasteiger charge is 2.11. The Labute approximate surface area is 76.9 Å². The number of rotatable bonds is 4. The Kier molecular flexibility index (Phi) is 5.80. The van der Waals surface area contributed by atoms with Gasteiger partial charge in [0.2, 0.25) is 0 Å². The number of ether oxygens (including phenoxy) is 1. The predicted octanol–water partition coefficient (Wildman–Crippen LogP) is 1.61. The van der Waals surface area contributed by atoms with Crippen LogP contribution in [0.25, 0.3) is 0 Å². The minimum absolute atomic E-state index is 0.224. The van der Waals surface area contributed by atoms with Crippen molar-refractivity contribution < 1.29 is 14.3 Å². The van der Waals surface area contributed by atoms with Crippen LogP contribution in [0.1, 0.15) is 27.2 Å². The summed E-state index contributed by atoms with van der Waals surface area (Å²) in [4.78, 5) is 21.2. The van der Waals surface area contributed by atoms with Gasteiger partial charge in [-0.1, -0.05) is 13.8 Å². The zero-order chi connectivity index (χ0) is 9.56. The number of carbonyl (C=O) groups is 2. The lowest BCUT2D eigenvalue weighted by molar-refractivity contribution is -0.157. The van der Waals surface area contributed by atoms with Gasteiger partial charge in [-0.3, -0.25) is 9.59 Å². The first-order valence-electron chi connectivity index (χ1n) is 3.89. The van der Waals surface area contributed by atoms with Crippen LogP contribution in [0.3, 0.4) is 0 Å². The van der Waals surface area contributed by atoms with Crippen molar-refractivity contribution in [1.29, 1.82) is 0 Å². The van der Waals surface area contributed by atoms with Gasteiger partial charge in [0.25, 0.3) is 0 Å². The first-order valence-corrected chi connectivity index (χ1v) is 4.94. The monoisotopic (exact) mass is 190 g/mol. The highest BCUT2D eigenvalue weighted by Crippen LogP contribution is 2.13. The van der Waals surface area contributed by atoms with Crippen LogP contribution in [0.5, 0.6) is 0 Å². The van der Waals surface area contributed by atoms with Crippen molar-refractivity contribution in [1.82, 2.24) is 0 Å². The van der Waals surface area contributed by atoms with Crippen LogP contribution < -0.4 is 0 Å². The Morgan fingerprint density at radius 3 is 2.50 bits per heavy atom. The van der Waals surface area contributed by atoms with Crippen molar-refractivity contribution in [2.24, 2.45) is 0 Å². The van der Waals surface area contributed by atoms with Crippen LogP contribution in [0, 0.1) is 0 Å². The molecule has 0 fully saturated rings. The van der Waals surface area contributed by atoms with Gasteiger partial charge in [-0.2, -0.15) is 11.8 Å². The van der Waals surface area contributed by atoms with E-state index >= 15 is 0 Å². The molecular weight excluding hydrogens is 176 g/mol. The molecule has 3 nitrogen and oxygen atoms in total. The maximum absolute atomic E-state index is 10.9. The highest BCUT2D eigenvalue weighted by atomic mass is 32.2. The summed E-state index contributed by atoms with van der Waals surface area (Å²) in [6, 6.07) is 0. The Balaban J connectivity index is 3.61. The first kappa shape index (κ1) is 11.5. The second kappa shape index (κ2) is 6.06. The van der Waals surface area contributed by atoms with Crippen molar-refractivity contribution in [3.63, 3.8) is 0 Å². The van der Waals surface area contributed by atoms with Gasteiger partial charge >= 0.3 is 11.9 Å². The van der Waals surface area contributed by atoms with E-state index in [4.69, 9.17) is 0 Å². The van der Waals surface area contributed by atoms with E-state index in [1.807, 2.05) is 13.8 Å². The molecular formula is C8H14O3S. The summed E-state index contributed by atoms with van der Waals surface area (Å²) in [5.74, 6) is -0.00113. The molecule has 0 saturated carbocycles. The van der Waals surface area contributed by atoms with E-state index in [1.165, 1.54) is 6.92 Å². The normalized spacial score (nSPS) is 12.2. The minimum atomic E-state index is -0.534. The first-order chi connectivity index (χ1) is 5.56. The molecule has 0 radical (unpaired) electrons. The van der Waals surface area contributed by atoms with Gasteiger partial charge in [0.1, 0.15) is 0 Å². The van der Waals surface area contributed by atoms with Crippen LogP contribution in [0.4, 0.5) is 0 Å². The molecule has 0 aliphatic heterocycles. The molecule has 0 amide bonds. The fraction of sp³-hybridized carbons (Fsp3) is 0.750. The van der Waals surface area contributed by atoms with Crippen LogP contribution in [0.15, 0.2) is 0 Å². The van der Waals surface area contributed by atoms with Gasteiger partial charge in [0.05, 0.1) is 6.42 Å². The number of hydrogen-bond acceptors (Lipinski definition) is 4. The summed E-state index contributed by atoms with van der Waals surface area (Å²) in [5.41, 5.74) is 0. The Morgan fingerprint density at radius 1 is 1.50 bits per heavy atom. The highest BCUT2D eigenvalue weighted by molar-refractivity contribution is 7.99. The summed E-state index contributed by atoms with van der Waals surface area (Å²) in [7, 11) is 0. The number of thioether (sulfide) groups is 1.